The van der Waals surface area contributed by atoms with Gasteiger partial charge < -0.3 is 19.6 Å². The summed E-state index contributed by atoms with van der Waals surface area (Å²) in [7, 11) is 0. The third kappa shape index (κ3) is 5.23. The van der Waals surface area contributed by atoms with Crippen molar-refractivity contribution >= 4 is 17.6 Å². The molecule has 10 heteroatoms. The first-order valence-corrected chi connectivity index (χ1v) is 12.1. The van der Waals surface area contributed by atoms with Gasteiger partial charge in [0.05, 0.1) is 11.6 Å². The number of para-hydroxylation sites is 1. The molecule has 2 N–H and O–H groups in total. The summed E-state index contributed by atoms with van der Waals surface area (Å²) in [5.41, 5.74) is 5.81. The molecule has 0 bridgehead atoms. The molecule has 0 radical (unpaired) electrons. The van der Waals surface area contributed by atoms with Crippen molar-refractivity contribution in [2.45, 2.75) is 52.2 Å². The molecule has 0 amide bonds. The van der Waals surface area contributed by atoms with Gasteiger partial charge in [0.1, 0.15) is 11.4 Å². The normalized spacial score (nSPS) is 17.4. The summed E-state index contributed by atoms with van der Waals surface area (Å²) in [4.78, 5) is 24.8. The predicted octanol–water partition coefficient (Wildman–Crippen LogP) is 5.27. The Morgan fingerprint density at radius 1 is 1.22 bits per heavy atom. The molecule has 1 fully saturated rings. The molecule has 1 saturated carbocycles. The minimum atomic E-state index is -2.90. The number of rotatable bonds is 8. The molecule has 1 aromatic carbocycles. The van der Waals surface area contributed by atoms with Crippen LogP contribution in [-0.4, -0.2) is 43.1 Å². The lowest BCUT2D eigenvalue weighted by Gasteiger charge is -2.14. The number of pyridine rings is 1. The number of ether oxygens (including phenoxy) is 1. The second kappa shape index (κ2) is 10.1. The van der Waals surface area contributed by atoms with Crippen LogP contribution in [0.15, 0.2) is 48.9 Å². The van der Waals surface area contributed by atoms with E-state index >= 15 is 0 Å². The van der Waals surface area contributed by atoms with Crippen LogP contribution in [-0.2, 0) is 11.2 Å². The van der Waals surface area contributed by atoms with Crippen LogP contribution >= 0.6 is 0 Å². The van der Waals surface area contributed by atoms with Gasteiger partial charge in [-0.15, -0.1) is 0 Å². The third-order valence-electron chi connectivity index (χ3n) is 6.89. The van der Waals surface area contributed by atoms with Gasteiger partial charge in [0.2, 0.25) is 5.95 Å². The highest BCUT2D eigenvalue weighted by Crippen LogP contribution is 2.30. The number of halogens is 2. The Kier molecular flexibility index (Phi) is 6.73. The summed E-state index contributed by atoms with van der Waals surface area (Å²) in [5.74, 6) is -0.473. The fourth-order valence-electron chi connectivity index (χ4n) is 4.97. The Balaban J connectivity index is 1.41. The SMILES string of the molecule is Cc1cc2nc(C)c(Cc3ccccc3OC(F)F)n2cc1-c1cnc(N[C@H]2CC[C@@H](C(=O)O)C2)nc1. The Morgan fingerprint density at radius 2 is 1.97 bits per heavy atom. The van der Waals surface area contributed by atoms with Gasteiger partial charge in [-0.05, 0) is 50.8 Å². The van der Waals surface area contributed by atoms with E-state index in [4.69, 9.17) is 4.74 Å². The van der Waals surface area contributed by atoms with E-state index in [0.717, 1.165) is 40.1 Å². The number of hydrogen-bond acceptors (Lipinski definition) is 6. The number of nitrogens with one attached hydrogen (secondary N) is 1. The molecule has 0 spiro atoms. The number of benzene rings is 1. The molecular formula is C27H27F2N5O3. The first-order valence-electron chi connectivity index (χ1n) is 12.1. The molecule has 3 heterocycles. The summed E-state index contributed by atoms with van der Waals surface area (Å²) in [6.07, 6.45) is 7.80. The molecular weight excluding hydrogens is 480 g/mol. The van der Waals surface area contributed by atoms with Crippen molar-refractivity contribution in [1.82, 2.24) is 19.4 Å². The molecule has 3 aromatic heterocycles. The first kappa shape index (κ1) is 24.6. The highest BCUT2D eigenvalue weighted by atomic mass is 19.3. The third-order valence-corrected chi connectivity index (χ3v) is 6.89. The van der Waals surface area contributed by atoms with Crippen LogP contribution in [0.3, 0.4) is 0 Å². The van der Waals surface area contributed by atoms with Crippen molar-refractivity contribution < 1.29 is 23.4 Å². The standard InChI is InChI=1S/C27H27F2N5O3/c1-15-9-24-32-16(2)22(11-17-5-3-4-6-23(17)37-26(28)29)34(24)14-21(15)19-12-30-27(31-13-19)33-20-8-7-18(10-20)25(35)36/h3-6,9,12-14,18,20,26H,7-8,10-11H2,1-2H3,(H,35,36)(H,30,31,33)/t18-,20+/m1/s1. The molecule has 0 saturated heterocycles. The second-order valence-corrected chi connectivity index (χ2v) is 9.39. The minimum Gasteiger partial charge on any atom is -0.481 e. The van der Waals surface area contributed by atoms with Crippen LogP contribution in [0.25, 0.3) is 16.8 Å². The topological polar surface area (TPSA) is 102 Å². The summed E-state index contributed by atoms with van der Waals surface area (Å²) in [5, 5.41) is 12.5. The fourth-order valence-corrected chi connectivity index (χ4v) is 4.97. The Bertz CT molecular complexity index is 1440. The van der Waals surface area contributed by atoms with E-state index in [-0.39, 0.29) is 17.7 Å². The molecule has 4 aromatic rings. The lowest BCUT2D eigenvalue weighted by molar-refractivity contribution is -0.141. The van der Waals surface area contributed by atoms with Gasteiger partial charge in [-0.25, -0.2) is 15.0 Å². The quantitative estimate of drug-likeness (QED) is 0.335. The van der Waals surface area contributed by atoms with Crippen LogP contribution in [0, 0.1) is 19.8 Å². The van der Waals surface area contributed by atoms with Crippen LogP contribution in [0.5, 0.6) is 5.75 Å². The van der Waals surface area contributed by atoms with Crippen molar-refractivity contribution in [2.75, 3.05) is 5.32 Å². The minimum absolute atomic E-state index is 0.0402. The number of hydrogen-bond donors (Lipinski definition) is 2. The molecule has 37 heavy (non-hydrogen) atoms. The summed E-state index contributed by atoms with van der Waals surface area (Å²) in [6.45, 7) is 0.986. The Morgan fingerprint density at radius 3 is 2.68 bits per heavy atom. The number of aromatic nitrogens is 4. The lowest BCUT2D eigenvalue weighted by atomic mass is 10.1. The zero-order valence-electron chi connectivity index (χ0n) is 20.5. The number of nitrogens with zero attached hydrogens (tertiary/aromatic N) is 4. The molecule has 0 aliphatic heterocycles. The highest BCUT2D eigenvalue weighted by molar-refractivity contribution is 5.70. The van der Waals surface area contributed by atoms with Crippen LogP contribution in [0.2, 0.25) is 0 Å². The highest BCUT2D eigenvalue weighted by Gasteiger charge is 2.30. The van der Waals surface area contributed by atoms with E-state index in [1.807, 2.05) is 30.5 Å². The monoisotopic (exact) mass is 507 g/mol. The van der Waals surface area contributed by atoms with Crippen molar-refractivity contribution in [3.05, 3.63) is 71.4 Å². The van der Waals surface area contributed by atoms with Crippen molar-refractivity contribution in [2.24, 2.45) is 5.92 Å². The zero-order valence-corrected chi connectivity index (χ0v) is 20.5. The number of anilines is 1. The molecule has 192 valence electrons. The number of imidazole rings is 1. The van der Waals surface area contributed by atoms with Crippen LogP contribution in [0.4, 0.5) is 14.7 Å². The number of alkyl halides is 2. The Labute approximate surface area is 212 Å². The smallest absolute Gasteiger partial charge is 0.387 e. The van der Waals surface area contributed by atoms with Crippen molar-refractivity contribution in [3.63, 3.8) is 0 Å². The van der Waals surface area contributed by atoms with Gasteiger partial charge in [-0.1, -0.05) is 18.2 Å². The lowest BCUT2D eigenvalue weighted by Crippen LogP contribution is -2.19. The number of carboxylic acids is 1. The number of aryl methyl sites for hydroxylation is 2. The summed E-state index contributed by atoms with van der Waals surface area (Å²) in [6, 6.07) is 8.79. The van der Waals surface area contributed by atoms with Crippen molar-refractivity contribution in [3.8, 4) is 16.9 Å². The van der Waals surface area contributed by atoms with Gasteiger partial charge in [-0.3, -0.25) is 4.79 Å². The summed E-state index contributed by atoms with van der Waals surface area (Å²) < 4.78 is 32.5. The molecule has 2 atom stereocenters. The number of carboxylic acid groups (broad SMARTS) is 1. The van der Waals surface area contributed by atoms with Crippen molar-refractivity contribution in [1.29, 1.82) is 0 Å². The molecule has 1 aliphatic carbocycles. The molecule has 5 rings (SSSR count). The van der Waals surface area contributed by atoms with E-state index in [1.165, 1.54) is 6.07 Å². The van der Waals surface area contributed by atoms with E-state index in [0.29, 0.717) is 30.8 Å². The number of carbonyl (C=O) groups is 1. The van der Waals surface area contributed by atoms with E-state index in [2.05, 4.69) is 20.3 Å². The maximum atomic E-state index is 12.9. The average molecular weight is 508 g/mol. The van der Waals surface area contributed by atoms with Gasteiger partial charge in [0, 0.05) is 53.4 Å². The van der Waals surface area contributed by atoms with Crippen LogP contribution < -0.4 is 10.1 Å². The van der Waals surface area contributed by atoms with E-state index < -0.39 is 12.6 Å². The maximum Gasteiger partial charge on any atom is 0.387 e. The number of aliphatic carboxylic acids is 1. The van der Waals surface area contributed by atoms with E-state index in [9.17, 15) is 18.7 Å². The van der Waals surface area contributed by atoms with Gasteiger partial charge in [0.25, 0.3) is 0 Å². The van der Waals surface area contributed by atoms with Crippen LogP contribution in [0.1, 0.15) is 41.8 Å². The summed E-state index contributed by atoms with van der Waals surface area (Å²) >= 11 is 0. The molecule has 0 unspecified atom stereocenters. The predicted molar refractivity (Wildman–Crippen MR) is 134 cm³/mol. The molecule has 1 aliphatic rings. The van der Waals surface area contributed by atoms with Gasteiger partial charge in [-0.2, -0.15) is 8.78 Å². The largest absolute Gasteiger partial charge is 0.481 e. The van der Waals surface area contributed by atoms with E-state index in [1.54, 1.807) is 30.6 Å². The molecule has 8 nitrogen and oxygen atoms in total. The Hall–Kier alpha value is -4.08. The fraction of sp³-hybridized carbons (Fsp3) is 0.333. The zero-order chi connectivity index (χ0) is 26.1. The average Bonchev–Trinajstić information content (AvgIpc) is 3.44. The van der Waals surface area contributed by atoms with Gasteiger partial charge >= 0.3 is 12.6 Å². The van der Waals surface area contributed by atoms with Gasteiger partial charge in [0.15, 0.2) is 0 Å². The maximum absolute atomic E-state index is 12.9. The first-order chi connectivity index (χ1) is 17.8. The second-order valence-electron chi connectivity index (χ2n) is 9.39. The number of fused-ring (bicyclic) bond motifs is 1.